The number of nitrogens with one attached hydrogen (secondary N) is 4. The summed E-state index contributed by atoms with van der Waals surface area (Å²) < 4.78 is 5.48. The van der Waals surface area contributed by atoms with E-state index in [-0.39, 0.29) is 11.8 Å². The van der Waals surface area contributed by atoms with Crippen molar-refractivity contribution in [1.29, 1.82) is 0 Å². The third-order valence-corrected chi connectivity index (χ3v) is 3.59. The summed E-state index contributed by atoms with van der Waals surface area (Å²) in [6.07, 6.45) is 2.30. The van der Waals surface area contributed by atoms with Crippen LogP contribution in [0.5, 0.6) is 0 Å². The zero-order valence-corrected chi connectivity index (χ0v) is 13.8. The third kappa shape index (κ3) is 5.93. The zero-order chi connectivity index (χ0) is 16.7. The Morgan fingerprint density at radius 3 is 2.57 bits per heavy atom. The number of anilines is 1. The van der Waals surface area contributed by atoms with E-state index in [0.29, 0.717) is 22.5 Å². The van der Waals surface area contributed by atoms with Crippen molar-refractivity contribution < 1.29 is 9.66 Å². The van der Waals surface area contributed by atoms with Gasteiger partial charge in [0.25, 0.3) is 5.69 Å². The maximum Gasteiger partial charge on any atom is 0.269 e. The quantitative estimate of drug-likeness (QED) is 0.363. The van der Waals surface area contributed by atoms with Gasteiger partial charge >= 0.3 is 0 Å². The molecule has 0 amide bonds. The SMILES string of the molecule is O=[N+]([O-])c1ccc(NC(=S)NNC(=S)NC[C@@H]2CCCO2)cc1. The average Bonchev–Trinajstić information content (AvgIpc) is 3.05. The normalized spacial score (nSPS) is 16.4. The lowest BCUT2D eigenvalue weighted by Gasteiger charge is -2.16. The number of benzene rings is 1. The lowest BCUT2D eigenvalue weighted by Crippen LogP contribution is -2.49. The number of nitro groups is 1. The van der Waals surface area contributed by atoms with E-state index in [1.54, 1.807) is 12.1 Å². The zero-order valence-electron chi connectivity index (χ0n) is 12.2. The highest BCUT2D eigenvalue weighted by Gasteiger charge is 2.15. The first-order valence-electron chi connectivity index (χ1n) is 7.01. The fourth-order valence-electron chi connectivity index (χ4n) is 2.00. The van der Waals surface area contributed by atoms with Gasteiger partial charge in [0.2, 0.25) is 0 Å². The van der Waals surface area contributed by atoms with E-state index in [1.165, 1.54) is 12.1 Å². The lowest BCUT2D eigenvalue weighted by molar-refractivity contribution is -0.384. The molecule has 0 spiro atoms. The van der Waals surface area contributed by atoms with Crippen LogP contribution in [0.2, 0.25) is 0 Å². The summed E-state index contributed by atoms with van der Waals surface area (Å²) in [6, 6.07) is 5.93. The maximum atomic E-state index is 10.6. The molecule has 1 heterocycles. The van der Waals surface area contributed by atoms with Gasteiger partial charge in [-0.3, -0.25) is 21.0 Å². The van der Waals surface area contributed by atoms with Gasteiger partial charge in [-0.25, -0.2) is 0 Å². The van der Waals surface area contributed by atoms with Crippen molar-refractivity contribution in [2.75, 3.05) is 18.5 Å². The van der Waals surface area contributed by atoms with Crippen LogP contribution in [0.3, 0.4) is 0 Å². The minimum Gasteiger partial charge on any atom is -0.376 e. The number of hydrogen-bond acceptors (Lipinski definition) is 5. The molecule has 1 fully saturated rings. The Labute approximate surface area is 144 Å². The minimum absolute atomic E-state index is 0.0204. The molecule has 124 valence electrons. The van der Waals surface area contributed by atoms with Crippen LogP contribution >= 0.6 is 24.4 Å². The van der Waals surface area contributed by atoms with E-state index in [1.807, 2.05) is 0 Å². The Balaban J connectivity index is 1.67. The molecule has 1 aromatic carbocycles. The summed E-state index contributed by atoms with van der Waals surface area (Å²) in [5.74, 6) is 0. The summed E-state index contributed by atoms with van der Waals surface area (Å²) in [7, 11) is 0. The van der Waals surface area contributed by atoms with Crippen LogP contribution in [0.1, 0.15) is 12.8 Å². The van der Waals surface area contributed by atoms with Crippen molar-refractivity contribution in [3.63, 3.8) is 0 Å². The second-order valence-electron chi connectivity index (χ2n) is 4.85. The minimum atomic E-state index is -0.458. The third-order valence-electron chi connectivity index (χ3n) is 3.14. The second-order valence-corrected chi connectivity index (χ2v) is 5.67. The molecule has 0 saturated carbocycles. The first-order valence-corrected chi connectivity index (χ1v) is 7.83. The summed E-state index contributed by atoms with van der Waals surface area (Å²) in [4.78, 5) is 10.1. The Morgan fingerprint density at radius 2 is 1.96 bits per heavy atom. The van der Waals surface area contributed by atoms with E-state index in [2.05, 4.69) is 21.5 Å². The Hall–Kier alpha value is -2.04. The molecule has 1 aliphatic heterocycles. The molecule has 0 unspecified atom stereocenters. The van der Waals surface area contributed by atoms with Gasteiger partial charge in [-0.05, 0) is 49.4 Å². The summed E-state index contributed by atoms with van der Waals surface area (Å²) in [6.45, 7) is 1.45. The number of rotatable bonds is 4. The molecule has 2 rings (SSSR count). The Bertz CT molecular complexity index is 575. The number of thiocarbonyl (C=S) groups is 2. The monoisotopic (exact) mass is 355 g/mol. The molecule has 0 radical (unpaired) electrons. The van der Waals surface area contributed by atoms with Crippen molar-refractivity contribution in [1.82, 2.24) is 16.2 Å². The predicted octanol–water partition coefficient (Wildman–Crippen LogP) is 1.44. The van der Waals surface area contributed by atoms with Crippen molar-refractivity contribution in [2.45, 2.75) is 18.9 Å². The topological polar surface area (TPSA) is 100 Å². The van der Waals surface area contributed by atoms with Crippen LogP contribution in [0.4, 0.5) is 11.4 Å². The van der Waals surface area contributed by atoms with Crippen molar-refractivity contribution in [2.24, 2.45) is 0 Å². The van der Waals surface area contributed by atoms with E-state index >= 15 is 0 Å². The fraction of sp³-hybridized carbons (Fsp3) is 0.385. The van der Waals surface area contributed by atoms with Gasteiger partial charge in [0.05, 0.1) is 11.0 Å². The largest absolute Gasteiger partial charge is 0.376 e. The number of nitro benzene ring substituents is 1. The molecule has 0 aliphatic carbocycles. The molecule has 10 heteroatoms. The second kappa shape index (κ2) is 8.56. The standard InChI is InChI=1S/C13H17N5O3S2/c19-18(20)10-5-3-9(4-6-10)15-13(23)17-16-12(22)14-8-11-2-1-7-21-11/h3-6,11H,1-2,7-8H2,(H2,14,16,22)(H2,15,17,23)/t11-/m0/s1. The van der Waals surface area contributed by atoms with Gasteiger partial charge in [-0.15, -0.1) is 0 Å². The fourth-order valence-corrected chi connectivity index (χ4v) is 2.30. The Morgan fingerprint density at radius 1 is 1.26 bits per heavy atom. The number of ether oxygens (including phenoxy) is 1. The molecule has 8 nitrogen and oxygen atoms in total. The predicted molar refractivity (Wildman–Crippen MR) is 95.2 cm³/mol. The van der Waals surface area contributed by atoms with E-state index in [0.717, 1.165) is 19.4 Å². The first-order chi connectivity index (χ1) is 11.0. The van der Waals surface area contributed by atoms with E-state index < -0.39 is 4.92 Å². The number of non-ortho nitro benzene ring substituents is 1. The van der Waals surface area contributed by atoms with Crippen LogP contribution < -0.4 is 21.5 Å². The summed E-state index contributed by atoms with van der Waals surface area (Å²) in [5, 5.41) is 17.2. The van der Waals surface area contributed by atoms with Gasteiger partial charge in [0.15, 0.2) is 10.2 Å². The smallest absolute Gasteiger partial charge is 0.269 e. The van der Waals surface area contributed by atoms with E-state index in [4.69, 9.17) is 29.2 Å². The average molecular weight is 355 g/mol. The number of hydrazine groups is 1. The van der Waals surface area contributed by atoms with Crippen LogP contribution in [0, 0.1) is 10.1 Å². The van der Waals surface area contributed by atoms with Gasteiger partial charge in [0.1, 0.15) is 0 Å². The van der Waals surface area contributed by atoms with Crippen LogP contribution in [0.25, 0.3) is 0 Å². The first kappa shape index (κ1) is 17.3. The molecule has 1 saturated heterocycles. The maximum absolute atomic E-state index is 10.6. The summed E-state index contributed by atoms with van der Waals surface area (Å²) >= 11 is 10.2. The molecule has 4 N–H and O–H groups in total. The van der Waals surface area contributed by atoms with Gasteiger partial charge in [-0.1, -0.05) is 0 Å². The molecular formula is C13H17N5O3S2. The van der Waals surface area contributed by atoms with Gasteiger partial charge < -0.3 is 15.4 Å². The highest BCUT2D eigenvalue weighted by Crippen LogP contribution is 2.15. The summed E-state index contributed by atoms with van der Waals surface area (Å²) in [5.41, 5.74) is 6.15. The van der Waals surface area contributed by atoms with Crippen molar-refractivity contribution in [3.8, 4) is 0 Å². The van der Waals surface area contributed by atoms with E-state index in [9.17, 15) is 10.1 Å². The highest BCUT2D eigenvalue weighted by molar-refractivity contribution is 7.80. The van der Waals surface area contributed by atoms with Crippen LogP contribution in [0.15, 0.2) is 24.3 Å². The van der Waals surface area contributed by atoms with Gasteiger partial charge in [-0.2, -0.15) is 0 Å². The van der Waals surface area contributed by atoms with Gasteiger partial charge in [0, 0.05) is 31.0 Å². The van der Waals surface area contributed by atoms with Crippen molar-refractivity contribution in [3.05, 3.63) is 34.4 Å². The number of hydrogen-bond donors (Lipinski definition) is 4. The number of nitrogens with zero attached hydrogens (tertiary/aromatic N) is 1. The molecule has 0 aromatic heterocycles. The molecular weight excluding hydrogens is 338 g/mol. The molecule has 0 bridgehead atoms. The molecule has 1 aromatic rings. The van der Waals surface area contributed by atoms with Crippen molar-refractivity contribution >= 4 is 46.0 Å². The highest BCUT2D eigenvalue weighted by atomic mass is 32.1. The molecule has 1 aliphatic rings. The Kier molecular flexibility index (Phi) is 6.44. The van der Waals surface area contributed by atoms with Crippen LogP contribution in [-0.4, -0.2) is 34.4 Å². The van der Waals surface area contributed by atoms with Crippen LogP contribution in [-0.2, 0) is 4.74 Å². The molecule has 1 atom stereocenters. The lowest BCUT2D eigenvalue weighted by atomic mass is 10.2. The molecule has 23 heavy (non-hydrogen) atoms.